The summed E-state index contributed by atoms with van der Waals surface area (Å²) in [5.41, 5.74) is 13.0. The molecule has 1 nitrogen and oxygen atoms in total. The zero-order valence-corrected chi connectivity index (χ0v) is 33.0. The molecule has 1 aliphatic carbocycles. The Balaban J connectivity index is 1.08. The van der Waals surface area contributed by atoms with Crippen molar-refractivity contribution in [1.29, 1.82) is 0 Å². The average Bonchev–Trinajstić information content (AvgIpc) is 3.83. The van der Waals surface area contributed by atoms with E-state index in [0.29, 0.717) is 0 Å². The van der Waals surface area contributed by atoms with Gasteiger partial charge in [-0.15, -0.1) is 11.3 Å². The van der Waals surface area contributed by atoms with Crippen LogP contribution in [0.15, 0.2) is 224 Å². The Hall–Kier alpha value is -7.26. The number of fused-ring (bicyclic) bond motifs is 9. The van der Waals surface area contributed by atoms with E-state index in [4.69, 9.17) is 0 Å². The van der Waals surface area contributed by atoms with E-state index in [1.54, 1.807) is 0 Å². The topological polar surface area (TPSA) is 3.24 Å². The minimum Gasteiger partial charge on any atom is -0.310 e. The second kappa shape index (κ2) is 13.4. The Labute approximate surface area is 347 Å². The predicted octanol–water partition coefficient (Wildman–Crippen LogP) is 15.9. The molecule has 0 bridgehead atoms. The molecule has 12 rings (SSSR count). The molecule has 0 atom stereocenters. The number of thiophene rings is 1. The van der Waals surface area contributed by atoms with Crippen molar-refractivity contribution in [3.05, 3.63) is 247 Å². The van der Waals surface area contributed by atoms with Crippen molar-refractivity contribution in [2.45, 2.75) is 5.41 Å². The van der Waals surface area contributed by atoms with Crippen LogP contribution < -0.4 is 4.90 Å². The van der Waals surface area contributed by atoms with Crippen LogP contribution in [0.5, 0.6) is 0 Å². The largest absolute Gasteiger partial charge is 0.310 e. The summed E-state index contributed by atoms with van der Waals surface area (Å²) in [4.78, 5) is 2.45. The standard InChI is InChI=1S/C57H37NS/c1-3-15-40(16-4-1)57(41-17-5-2-6-18-41)53-24-11-9-20-49(53)50-34-31-44(37-54(50)57)58(43-32-35-56-52(36-43)51-21-10-12-25-55(51)59-56)42-29-26-39(27-30-42)46-22-13-23-47-45-19-8-7-14-38(45)28-33-48(46)47/h1-37H. The minimum atomic E-state index is -0.494. The summed E-state index contributed by atoms with van der Waals surface area (Å²) < 4.78 is 2.61. The fraction of sp³-hybridized carbons (Fsp3) is 0.0175. The fourth-order valence-corrected chi connectivity index (χ4v) is 11.0. The van der Waals surface area contributed by atoms with Gasteiger partial charge in [0.15, 0.2) is 0 Å². The van der Waals surface area contributed by atoms with Crippen molar-refractivity contribution in [3.63, 3.8) is 0 Å². The first-order chi connectivity index (χ1) is 29.3. The van der Waals surface area contributed by atoms with Gasteiger partial charge in [-0.2, -0.15) is 0 Å². The van der Waals surface area contributed by atoms with Crippen LogP contribution in [-0.4, -0.2) is 0 Å². The molecule has 1 aromatic heterocycles. The molecule has 1 heterocycles. The smallest absolute Gasteiger partial charge is 0.0714 e. The first kappa shape index (κ1) is 33.8. The Kier molecular flexibility index (Phi) is 7.69. The van der Waals surface area contributed by atoms with E-state index in [9.17, 15) is 0 Å². The van der Waals surface area contributed by atoms with Crippen LogP contribution in [0.3, 0.4) is 0 Å². The van der Waals surface area contributed by atoms with Crippen molar-refractivity contribution < 1.29 is 0 Å². The molecule has 2 heteroatoms. The van der Waals surface area contributed by atoms with Gasteiger partial charge < -0.3 is 4.90 Å². The first-order valence-corrected chi connectivity index (χ1v) is 21.2. The van der Waals surface area contributed by atoms with Gasteiger partial charge in [-0.05, 0) is 115 Å². The number of rotatable bonds is 6. The van der Waals surface area contributed by atoms with Crippen LogP contribution in [0.25, 0.3) is 64.0 Å². The molecule has 0 spiro atoms. The molecular weight excluding hydrogens is 731 g/mol. The lowest BCUT2D eigenvalue weighted by Gasteiger charge is -2.35. The van der Waals surface area contributed by atoms with Crippen molar-refractivity contribution in [3.8, 4) is 22.3 Å². The van der Waals surface area contributed by atoms with E-state index in [1.165, 1.54) is 86.2 Å². The van der Waals surface area contributed by atoms with Crippen molar-refractivity contribution >= 4 is 70.1 Å². The Morgan fingerprint density at radius 3 is 1.73 bits per heavy atom. The highest BCUT2D eigenvalue weighted by Crippen LogP contribution is 2.57. The highest BCUT2D eigenvalue weighted by molar-refractivity contribution is 7.25. The minimum absolute atomic E-state index is 0.494. The summed E-state index contributed by atoms with van der Waals surface area (Å²) in [5.74, 6) is 0. The SMILES string of the molecule is c1ccc(C2(c3ccccc3)c3ccccc3-c3ccc(N(c4ccc(-c5cccc6c5ccc5ccccc56)cc4)c4ccc5sc6ccccc6c5c4)cc32)cc1. The molecule has 0 aliphatic heterocycles. The van der Waals surface area contributed by atoms with Gasteiger partial charge in [0.05, 0.1) is 5.41 Å². The average molecular weight is 768 g/mol. The summed E-state index contributed by atoms with van der Waals surface area (Å²) in [6.07, 6.45) is 0. The maximum atomic E-state index is 2.47. The molecule has 10 aromatic carbocycles. The quantitative estimate of drug-likeness (QED) is 0.152. The number of anilines is 3. The van der Waals surface area contributed by atoms with Crippen LogP contribution in [0, 0.1) is 0 Å². The normalized spacial score (nSPS) is 12.9. The lowest BCUT2D eigenvalue weighted by Crippen LogP contribution is -2.28. The van der Waals surface area contributed by atoms with Crippen LogP contribution >= 0.6 is 11.3 Å². The van der Waals surface area contributed by atoms with Gasteiger partial charge in [0.1, 0.15) is 0 Å². The van der Waals surface area contributed by atoms with Crippen LogP contribution in [0.1, 0.15) is 22.3 Å². The zero-order valence-electron chi connectivity index (χ0n) is 32.2. The third-order valence-corrected chi connectivity index (χ3v) is 13.7. The molecule has 0 radical (unpaired) electrons. The van der Waals surface area contributed by atoms with E-state index in [2.05, 4.69) is 229 Å². The van der Waals surface area contributed by atoms with E-state index in [-0.39, 0.29) is 0 Å². The van der Waals surface area contributed by atoms with Gasteiger partial charge in [-0.1, -0.05) is 176 Å². The van der Waals surface area contributed by atoms with E-state index < -0.39 is 5.41 Å². The molecule has 0 unspecified atom stereocenters. The lowest BCUT2D eigenvalue weighted by atomic mass is 9.67. The van der Waals surface area contributed by atoms with Gasteiger partial charge in [-0.25, -0.2) is 0 Å². The van der Waals surface area contributed by atoms with Crippen LogP contribution in [0.4, 0.5) is 17.1 Å². The van der Waals surface area contributed by atoms with Gasteiger partial charge in [0.2, 0.25) is 0 Å². The molecule has 0 N–H and O–H groups in total. The number of nitrogens with zero attached hydrogens (tertiary/aromatic N) is 1. The first-order valence-electron chi connectivity index (χ1n) is 20.3. The Bertz CT molecular complexity index is 3340. The highest BCUT2D eigenvalue weighted by atomic mass is 32.1. The molecular formula is C57H37NS. The summed E-state index contributed by atoms with van der Waals surface area (Å²) in [5, 5.41) is 7.67. The Morgan fingerprint density at radius 1 is 0.322 bits per heavy atom. The van der Waals surface area contributed by atoms with Crippen molar-refractivity contribution in [2.24, 2.45) is 0 Å². The summed E-state index contributed by atoms with van der Waals surface area (Å²) in [7, 11) is 0. The van der Waals surface area contributed by atoms with Gasteiger partial charge in [0, 0.05) is 37.2 Å². The van der Waals surface area contributed by atoms with Gasteiger partial charge >= 0.3 is 0 Å². The third kappa shape index (κ3) is 5.17. The molecule has 0 fully saturated rings. The highest BCUT2D eigenvalue weighted by Gasteiger charge is 2.46. The number of hydrogen-bond acceptors (Lipinski definition) is 2. The van der Waals surface area contributed by atoms with Crippen LogP contribution in [-0.2, 0) is 5.41 Å². The van der Waals surface area contributed by atoms with Crippen molar-refractivity contribution in [2.75, 3.05) is 4.90 Å². The number of benzene rings is 10. The molecule has 1 aliphatic rings. The third-order valence-electron chi connectivity index (χ3n) is 12.5. The zero-order chi connectivity index (χ0) is 38.9. The second-order valence-electron chi connectivity index (χ2n) is 15.6. The maximum absolute atomic E-state index is 2.47. The number of hydrogen-bond donors (Lipinski definition) is 0. The maximum Gasteiger partial charge on any atom is 0.0714 e. The van der Waals surface area contributed by atoms with Crippen molar-refractivity contribution in [1.82, 2.24) is 0 Å². The van der Waals surface area contributed by atoms with E-state index >= 15 is 0 Å². The predicted molar refractivity (Wildman–Crippen MR) is 252 cm³/mol. The summed E-state index contributed by atoms with van der Waals surface area (Å²) >= 11 is 1.86. The lowest BCUT2D eigenvalue weighted by molar-refractivity contribution is 0.768. The molecule has 11 aromatic rings. The van der Waals surface area contributed by atoms with Gasteiger partial charge in [0.25, 0.3) is 0 Å². The van der Waals surface area contributed by atoms with Crippen LogP contribution in [0.2, 0.25) is 0 Å². The molecule has 276 valence electrons. The molecule has 0 saturated carbocycles. The molecule has 0 saturated heterocycles. The second-order valence-corrected chi connectivity index (χ2v) is 16.7. The summed E-state index contributed by atoms with van der Waals surface area (Å²) in [6.45, 7) is 0. The monoisotopic (exact) mass is 767 g/mol. The molecule has 0 amide bonds. The van der Waals surface area contributed by atoms with Gasteiger partial charge in [-0.3, -0.25) is 0 Å². The summed E-state index contributed by atoms with van der Waals surface area (Å²) in [6, 6.07) is 83.2. The van der Waals surface area contributed by atoms with E-state index in [1.807, 2.05) is 11.3 Å². The Morgan fingerprint density at radius 2 is 0.915 bits per heavy atom. The van der Waals surface area contributed by atoms with E-state index in [0.717, 1.165) is 17.1 Å². The fourth-order valence-electron chi connectivity index (χ4n) is 9.95. The molecule has 59 heavy (non-hydrogen) atoms.